The van der Waals surface area contributed by atoms with E-state index in [-0.39, 0.29) is 11.6 Å². The van der Waals surface area contributed by atoms with Gasteiger partial charge in [-0.25, -0.2) is 17.9 Å². The van der Waals surface area contributed by atoms with E-state index in [1.165, 1.54) is 0 Å². The predicted molar refractivity (Wildman–Crippen MR) is 76.7 cm³/mol. The summed E-state index contributed by atoms with van der Waals surface area (Å²) in [6.45, 7) is 2.17. The van der Waals surface area contributed by atoms with Crippen LogP contribution in [0.3, 0.4) is 0 Å². The van der Waals surface area contributed by atoms with Crippen LogP contribution in [0.4, 0.5) is 4.39 Å². The Kier molecular flexibility index (Phi) is 4.63. The molecule has 1 aliphatic rings. The van der Waals surface area contributed by atoms with Crippen molar-refractivity contribution in [3.05, 3.63) is 29.6 Å². The Morgan fingerprint density at radius 3 is 2.43 bits per heavy atom. The van der Waals surface area contributed by atoms with Crippen LogP contribution in [-0.4, -0.2) is 20.4 Å². The zero-order valence-electron chi connectivity index (χ0n) is 11.8. The Bertz CT molecular complexity index is 638. The van der Waals surface area contributed by atoms with Crippen LogP contribution >= 0.6 is 0 Å². The number of carbonyl (C=O) groups excluding carboxylic acids is 1. The lowest BCUT2D eigenvalue weighted by molar-refractivity contribution is 0.0922. The molecule has 1 aromatic rings. The van der Waals surface area contributed by atoms with Gasteiger partial charge in [-0.3, -0.25) is 4.79 Å². The zero-order chi connectivity index (χ0) is 15.6. The minimum absolute atomic E-state index is 0.0300. The third kappa shape index (κ3) is 4.25. The van der Waals surface area contributed by atoms with Gasteiger partial charge in [-0.05, 0) is 49.8 Å². The average Bonchev–Trinajstić information content (AvgIpc) is 2.39. The van der Waals surface area contributed by atoms with Gasteiger partial charge >= 0.3 is 0 Å². The smallest absolute Gasteiger partial charge is 0.251 e. The second-order valence-corrected chi connectivity index (χ2v) is 7.21. The van der Waals surface area contributed by atoms with Crippen LogP contribution in [0.2, 0.25) is 0 Å². The summed E-state index contributed by atoms with van der Waals surface area (Å²) < 4.78 is 36.0. The molecule has 0 saturated heterocycles. The highest BCUT2D eigenvalue weighted by molar-refractivity contribution is 7.89. The first-order valence-electron chi connectivity index (χ1n) is 6.90. The molecule has 1 saturated carbocycles. The fourth-order valence-corrected chi connectivity index (χ4v) is 3.10. The van der Waals surface area contributed by atoms with Crippen molar-refractivity contribution in [1.82, 2.24) is 5.32 Å². The number of hydrogen-bond donors (Lipinski definition) is 2. The standard InChI is InChI=1S/C14H19FN2O3S/c1-9-2-4-12(5-3-9)17-14(18)10-6-11(15)8-13(7-10)21(16,19)20/h6-9,12H,2-5H2,1H3,(H,17,18)(H2,16,19,20). The highest BCUT2D eigenvalue weighted by Gasteiger charge is 2.21. The van der Waals surface area contributed by atoms with E-state index in [0.29, 0.717) is 5.92 Å². The van der Waals surface area contributed by atoms with E-state index in [1.807, 2.05) is 0 Å². The third-order valence-electron chi connectivity index (χ3n) is 3.81. The molecule has 116 valence electrons. The number of sulfonamides is 1. The van der Waals surface area contributed by atoms with Gasteiger partial charge in [0.2, 0.25) is 10.0 Å². The number of rotatable bonds is 3. The van der Waals surface area contributed by atoms with Crippen LogP contribution < -0.4 is 10.5 Å². The zero-order valence-corrected chi connectivity index (χ0v) is 12.6. The van der Waals surface area contributed by atoms with E-state index in [9.17, 15) is 17.6 Å². The number of benzene rings is 1. The predicted octanol–water partition coefficient (Wildman–Crippen LogP) is 1.78. The van der Waals surface area contributed by atoms with Gasteiger partial charge < -0.3 is 5.32 Å². The van der Waals surface area contributed by atoms with Crippen molar-refractivity contribution in [2.24, 2.45) is 11.1 Å². The maximum absolute atomic E-state index is 13.4. The van der Waals surface area contributed by atoms with Crippen molar-refractivity contribution in [2.75, 3.05) is 0 Å². The molecule has 1 aromatic carbocycles. The van der Waals surface area contributed by atoms with E-state index >= 15 is 0 Å². The molecule has 0 unspecified atom stereocenters. The van der Waals surface area contributed by atoms with Crippen molar-refractivity contribution >= 4 is 15.9 Å². The van der Waals surface area contributed by atoms with Gasteiger partial charge in [0.15, 0.2) is 0 Å². The quantitative estimate of drug-likeness (QED) is 0.891. The van der Waals surface area contributed by atoms with Crippen molar-refractivity contribution < 1.29 is 17.6 Å². The number of nitrogens with two attached hydrogens (primary N) is 1. The molecule has 0 radical (unpaired) electrons. The molecule has 0 aliphatic heterocycles. The van der Waals surface area contributed by atoms with Crippen molar-refractivity contribution in [2.45, 2.75) is 43.5 Å². The first-order chi connectivity index (χ1) is 9.75. The molecule has 0 heterocycles. The maximum Gasteiger partial charge on any atom is 0.251 e. The highest BCUT2D eigenvalue weighted by Crippen LogP contribution is 2.24. The molecule has 0 spiro atoms. The minimum atomic E-state index is -4.04. The Morgan fingerprint density at radius 1 is 1.24 bits per heavy atom. The molecular weight excluding hydrogens is 295 g/mol. The van der Waals surface area contributed by atoms with Gasteiger partial charge in [0.25, 0.3) is 5.91 Å². The van der Waals surface area contributed by atoms with Crippen LogP contribution in [0.5, 0.6) is 0 Å². The molecule has 0 bridgehead atoms. The number of hydrogen-bond acceptors (Lipinski definition) is 3. The summed E-state index contributed by atoms with van der Waals surface area (Å²) in [6.07, 6.45) is 3.83. The Morgan fingerprint density at radius 2 is 1.86 bits per heavy atom. The van der Waals surface area contributed by atoms with E-state index in [2.05, 4.69) is 12.2 Å². The Balaban J connectivity index is 2.14. The Labute approximate surface area is 123 Å². The summed E-state index contributed by atoms with van der Waals surface area (Å²) >= 11 is 0. The molecule has 3 N–H and O–H groups in total. The monoisotopic (exact) mass is 314 g/mol. The second-order valence-electron chi connectivity index (χ2n) is 5.65. The molecule has 2 rings (SSSR count). The first kappa shape index (κ1) is 15.9. The largest absolute Gasteiger partial charge is 0.349 e. The van der Waals surface area contributed by atoms with E-state index in [0.717, 1.165) is 43.9 Å². The summed E-state index contributed by atoms with van der Waals surface area (Å²) in [5.41, 5.74) is -0.0300. The van der Waals surface area contributed by atoms with Crippen LogP contribution in [0.1, 0.15) is 43.0 Å². The third-order valence-corrected chi connectivity index (χ3v) is 4.71. The summed E-state index contributed by atoms with van der Waals surface area (Å²) in [6, 6.07) is 2.96. The van der Waals surface area contributed by atoms with Crippen molar-refractivity contribution in [3.8, 4) is 0 Å². The highest BCUT2D eigenvalue weighted by atomic mass is 32.2. The molecule has 0 aromatic heterocycles. The van der Waals surface area contributed by atoms with Gasteiger partial charge in [0.05, 0.1) is 4.90 Å². The molecule has 0 atom stereocenters. The number of carbonyl (C=O) groups is 1. The second kappa shape index (κ2) is 6.11. The lowest BCUT2D eigenvalue weighted by Gasteiger charge is -2.26. The van der Waals surface area contributed by atoms with Gasteiger partial charge in [-0.15, -0.1) is 0 Å². The normalized spacial score (nSPS) is 22.8. The van der Waals surface area contributed by atoms with Crippen LogP contribution in [0.15, 0.2) is 23.1 Å². The minimum Gasteiger partial charge on any atom is -0.349 e. The fourth-order valence-electron chi connectivity index (χ4n) is 2.53. The van der Waals surface area contributed by atoms with Gasteiger partial charge in [-0.2, -0.15) is 0 Å². The van der Waals surface area contributed by atoms with E-state index in [1.54, 1.807) is 0 Å². The first-order valence-corrected chi connectivity index (χ1v) is 8.44. The summed E-state index contributed by atoms with van der Waals surface area (Å²) in [5.74, 6) is -0.621. The lowest BCUT2D eigenvalue weighted by atomic mass is 9.87. The lowest BCUT2D eigenvalue weighted by Crippen LogP contribution is -2.37. The SMILES string of the molecule is CC1CCC(NC(=O)c2cc(F)cc(S(N)(=O)=O)c2)CC1. The van der Waals surface area contributed by atoms with Crippen LogP contribution in [-0.2, 0) is 10.0 Å². The molecular formula is C14H19FN2O3S. The van der Waals surface area contributed by atoms with Crippen molar-refractivity contribution in [1.29, 1.82) is 0 Å². The number of halogens is 1. The molecule has 1 aliphatic carbocycles. The summed E-state index contributed by atoms with van der Waals surface area (Å²) in [7, 11) is -4.04. The van der Waals surface area contributed by atoms with Crippen molar-refractivity contribution in [3.63, 3.8) is 0 Å². The molecule has 5 nitrogen and oxygen atoms in total. The summed E-state index contributed by atoms with van der Waals surface area (Å²) in [4.78, 5) is 11.7. The van der Waals surface area contributed by atoms with E-state index < -0.39 is 26.6 Å². The van der Waals surface area contributed by atoms with Crippen LogP contribution in [0, 0.1) is 11.7 Å². The molecule has 21 heavy (non-hydrogen) atoms. The van der Waals surface area contributed by atoms with Gasteiger partial charge in [0, 0.05) is 11.6 Å². The molecule has 7 heteroatoms. The van der Waals surface area contributed by atoms with Crippen LogP contribution in [0.25, 0.3) is 0 Å². The topological polar surface area (TPSA) is 89.3 Å². The average molecular weight is 314 g/mol. The number of nitrogens with one attached hydrogen (secondary N) is 1. The molecule has 1 fully saturated rings. The maximum atomic E-state index is 13.4. The fraction of sp³-hybridized carbons (Fsp3) is 0.500. The van der Waals surface area contributed by atoms with E-state index in [4.69, 9.17) is 5.14 Å². The Hall–Kier alpha value is -1.47. The van der Waals surface area contributed by atoms with Gasteiger partial charge in [0.1, 0.15) is 5.82 Å². The number of amides is 1. The summed E-state index contributed by atoms with van der Waals surface area (Å²) in [5, 5.41) is 7.79. The van der Waals surface area contributed by atoms with Gasteiger partial charge in [-0.1, -0.05) is 6.92 Å². The number of primary sulfonamides is 1. The molecule has 1 amide bonds.